The molecule has 0 aliphatic heterocycles. The molecule has 0 fully saturated rings. The van der Waals surface area contributed by atoms with E-state index in [1.807, 2.05) is 0 Å². The highest BCUT2D eigenvalue weighted by Gasteiger charge is 2.14. The van der Waals surface area contributed by atoms with E-state index in [4.69, 9.17) is 10.2 Å². The summed E-state index contributed by atoms with van der Waals surface area (Å²) in [5.74, 6) is -0.884. The summed E-state index contributed by atoms with van der Waals surface area (Å²) in [6.07, 6.45) is 3.51. The van der Waals surface area contributed by atoms with Crippen LogP contribution in [0.3, 0.4) is 0 Å². The van der Waals surface area contributed by atoms with Crippen LogP contribution in [0.5, 0.6) is 0 Å². The van der Waals surface area contributed by atoms with Crippen LogP contribution in [0.1, 0.15) is 32.6 Å². The molecule has 0 saturated heterocycles. The third-order valence-electron chi connectivity index (χ3n) is 1.89. The molecule has 0 aliphatic rings. The second-order valence-corrected chi connectivity index (χ2v) is 3.06. The Labute approximate surface area is 79.0 Å². The summed E-state index contributed by atoms with van der Waals surface area (Å²) >= 11 is 0. The lowest BCUT2D eigenvalue weighted by Gasteiger charge is -2.12. The minimum atomic E-state index is -0.884. The molecule has 78 valence electrons. The lowest BCUT2D eigenvalue weighted by molar-refractivity contribution is -0.139. The number of hydrogen-bond acceptors (Lipinski definition) is 3. The van der Waals surface area contributed by atoms with E-state index in [0.717, 1.165) is 19.3 Å². The number of aliphatic hydroxyl groups excluding tert-OH is 1. The van der Waals surface area contributed by atoms with Crippen LogP contribution in [0, 0.1) is 0 Å². The highest BCUT2D eigenvalue weighted by molar-refractivity contribution is 5.73. The maximum atomic E-state index is 10.6. The number of unbranched alkanes of at least 4 members (excludes halogenated alkanes) is 2. The highest BCUT2D eigenvalue weighted by Crippen LogP contribution is 1.95. The van der Waals surface area contributed by atoms with Crippen molar-refractivity contribution in [2.45, 2.75) is 38.6 Å². The molecule has 4 nitrogen and oxygen atoms in total. The smallest absolute Gasteiger partial charge is 0.320 e. The number of hydrogen-bond donors (Lipinski definition) is 3. The number of aliphatic carboxylic acids is 1. The molecule has 0 heterocycles. The zero-order chi connectivity index (χ0) is 10.1. The van der Waals surface area contributed by atoms with E-state index in [2.05, 4.69) is 12.2 Å². The second-order valence-electron chi connectivity index (χ2n) is 3.06. The van der Waals surface area contributed by atoms with Crippen LogP contribution in [0.2, 0.25) is 0 Å². The summed E-state index contributed by atoms with van der Waals surface area (Å²) < 4.78 is 0. The van der Waals surface area contributed by atoms with Crippen LogP contribution in [0.4, 0.5) is 0 Å². The first-order valence-corrected chi connectivity index (χ1v) is 4.79. The van der Waals surface area contributed by atoms with Crippen LogP contribution in [-0.4, -0.2) is 35.4 Å². The van der Waals surface area contributed by atoms with E-state index in [0.29, 0.717) is 6.54 Å². The molecular formula is C9H19NO3. The SMILES string of the molecule is CCCCCN[C@@H](CCO)C(=O)O. The van der Waals surface area contributed by atoms with Crippen LogP contribution in [-0.2, 0) is 4.79 Å². The summed E-state index contributed by atoms with van der Waals surface area (Å²) in [4.78, 5) is 10.6. The van der Waals surface area contributed by atoms with Crippen molar-refractivity contribution in [3.63, 3.8) is 0 Å². The molecule has 0 unspecified atom stereocenters. The minimum absolute atomic E-state index is 0.0856. The maximum Gasteiger partial charge on any atom is 0.320 e. The highest BCUT2D eigenvalue weighted by atomic mass is 16.4. The monoisotopic (exact) mass is 189 g/mol. The van der Waals surface area contributed by atoms with E-state index in [9.17, 15) is 4.79 Å². The fraction of sp³-hybridized carbons (Fsp3) is 0.889. The number of carboxylic acid groups (broad SMARTS) is 1. The number of aliphatic hydroxyl groups is 1. The zero-order valence-corrected chi connectivity index (χ0v) is 8.12. The molecule has 4 heteroatoms. The first kappa shape index (κ1) is 12.4. The number of rotatable bonds is 8. The largest absolute Gasteiger partial charge is 0.480 e. The van der Waals surface area contributed by atoms with Crippen LogP contribution >= 0.6 is 0 Å². The quantitative estimate of drug-likeness (QED) is 0.489. The topological polar surface area (TPSA) is 69.6 Å². The van der Waals surface area contributed by atoms with Crippen molar-refractivity contribution < 1.29 is 15.0 Å². The Morgan fingerprint density at radius 1 is 1.46 bits per heavy atom. The van der Waals surface area contributed by atoms with Gasteiger partial charge in [-0.3, -0.25) is 4.79 Å². The van der Waals surface area contributed by atoms with E-state index in [1.165, 1.54) is 0 Å². The fourth-order valence-electron chi connectivity index (χ4n) is 1.09. The summed E-state index contributed by atoms with van der Waals surface area (Å²) in [5.41, 5.74) is 0. The number of carbonyl (C=O) groups is 1. The fourth-order valence-corrected chi connectivity index (χ4v) is 1.09. The Hall–Kier alpha value is -0.610. The Bertz CT molecular complexity index is 139. The summed E-state index contributed by atoms with van der Waals surface area (Å²) in [5, 5.41) is 20.2. The van der Waals surface area contributed by atoms with Gasteiger partial charge in [0.05, 0.1) is 0 Å². The van der Waals surface area contributed by atoms with Crippen molar-refractivity contribution in [2.24, 2.45) is 0 Å². The van der Waals surface area contributed by atoms with Gasteiger partial charge in [-0.2, -0.15) is 0 Å². The van der Waals surface area contributed by atoms with Gasteiger partial charge in [0.25, 0.3) is 0 Å². The van der Waals surface area contributed by atoms with E-state index >= 15 is 0 Å². The van der Waals surface area contributed by atoms with Gasteiger partial charge in [-0.05, 0) is 19.4 Å². The Morgan fingerprint density at radius 3 is 2.62 bits per heavy atom. The molecule has 0 rings (SSSR count). The molecule has 0 bridgehead atoms. The first-order chi connectivity index (χ1) is 6.22. The third kappa shape index (κ3) is 6.54. The first-order valence-electron chi connectivity index (χ1n) is 4.79. The van der Waals surface area contributed by atoms with E-state index < -0.39 is 12.0 Å². The molecule has 0 aliphatic carbocycles. The Kier molecular flexibility index (Phi) is 7.63. The van der Waals surface area contributed by atoms with Gasteiger partial charge in [0, 0.05) is 6.61 Å². The molecular weight excluding hydrogens is 170 g/mol. The molecule has 0 radical (unpaired) electrons. The van der Waals surface area contributed by atoms with Gasteiger partial charge in [-0.1, -0.05) is 19.8 Å². The standard InChI is InChI=1S/C9H19NO3/c1-2-3-4-6-10-8(5-7-11)9(12)13/h8,10-11H,2-7H2,1H3,(H,12,13)/t8-/m0/s1. The van der Waals surface area contributed by atoms with Gasteiger partial charge >= 0.3 is 5.97 Å². The predicted molar refractivity (Wildman–Crippen MR) is 50.7 cm³/mol. The molecule has 0 amide bonds. The summed E-state index contributed by atoms with van der Waals surface area (Å²) in [6.45, 7) is 2.73. The average molecular weight is 189 g/mol. The minimum Gasteiger partial charge on any atom is -0.480 e. The van der Waals surface area contributed by atoms with Gasteiger partial charge in [0.1, 0.15) is 6.04 Å². The summed E-state index contributed by atoms with van der Waals surface area (Å²) in [6, 6.07) is -0.596. The number of nitrogens with one attached hydrogen (secondary N) is 1. The normalized spacial score (nSPS) is 12.8. The molecule has 3 N–H and O–H groups in total. The van der Waals surface area contributed by atoms with Gasteiger partial charge in [-0.25, -0.2) is 0 Å². The molecule has 0 aromatic rings. The van der Waals surface area contributed by atoms with Crippen molar-refractivity contribution in [1.82, 2.24) is 5.32 Å². The van der Waals surface area contributed by atoms with Gasteiger partial charge in [0.15, 0.2) is 0 Å². The molecule has 0 aromatic carbocycles. The third-order valence-corrected chi connectivity index (χ3v) is 1.89. The van der Waals surface area contributed by atoms with Gasteiger partial charge in [-0.15, -0.1) is 0 Å². The zero-order valence-electron chi connectivity index (χ0n) is 8.12. The van der Waals surface area contributed by atoms with Gasteiger partial charge < -0.3 is 15.5 Å². The maximum absolute atomic E-state index is 10.6. The lowest BCUT2D eigenvalue weighted by Crippen LogP contribution is -2.37. The van der Waals surface area contributed by atoms with E-state index in [-0.39, 0.29) is 13.0 Å². The molecule has 0 saturated carbocycles. The van der Waals surface area contributed by atoms with Crippen molar-refractivity contribution in [2.75, 3.05) is 13.2 Å². The van der Waals surface area contributed by atoms with Crippen molar-refractivity contribution in [3.05, 3.63) is 0 Å². The predicted octanol–water partition coefficient (Wildman–Crippen LogP) is 0.602. The molecule has 1 atom stereocenters. The Morgan fingerprint density at radius 2 is 2.15 bits per heavy atom. The average Bonchev–Trinajstić information content (AvgIpc) is 2.10. The lowest BCUT2D eigenvalue weighted by atomic mass is 10.2. The van der Waals surface area contributed by atoms with Crippen LogP contribution in [0.25, 0.3) is 0 Å². The van der Waals surface area contributed by atoms with Gasteiger partial charge in [0.2, 0.25) is 0 Å². The van der Waals surface area contributed by atoms with E-state index in [1.54, 1.807) is 0 Å². The molecule has 0 spiro atoms. The van der Waals surface area contributed by atoms with Crippen LogP contribution < -0.4 is 5.32 Å². The summed E-state index contributed by atoms with van der Waals surface area (Å²) in [7, 11) is 0. The second kappa shape index (κ2) is 8.01. The molecule has 13 heavy (non-hydrogen) atoms. The Balaban J connectivity index is 3.51. The van der Waals surface area contributed by atoms with Crippen molar-refractivity contribution in [3.8, 4) is 0 Å². The van der Waals surface area contributed by atoms with Crippen LogP contribution in [0.15, 0.2) is 0 Å². The van der Waals surface area contributed by atoms with Crippen molar-refractivity contribution in [1.29, 1.82) is 0 Å². The molecule has 0 aromatic heterocycles. The van der Waals surface area contributed by atoms with Crippen molar-refractivity contribution >= 4 is 5.97 Å². The number of carboxylic acids is 1.